The molecule has 31 heavy (non-hydrogen) atoms. The smallest absolute Gasteiger partial charge is 0.349 e. The summed E-state index contributed by atoms with van der Waals surface area (Å²) in [5, 5.41) is 3.19. The van der Waals surface area contributed by atoms with Crippen molar-refractivity contribution in [2.24, 2.45) is 0 Å². The topological polar surface area (TPSA) is 94.8 Å². The van der Waals surface area contributed by atoms with Crippen LogP contribution in [0.5, 0.6) is 11.5 Å². The molecule has 1 aromatic heterocycles. The minimum atomic E-state index is -0.765. The number of hydrogen-bond donors (Lipinski definition) is 1. The zero-order valence-corrected chi connectivity index (χ0v) is 19.2. The number of halogens is 1. The Morgan fingerprint density at radius 3 is 2.42 bits per heavy atom. The van der Waals surface area contributed by atoms with Gasteiger partial charge >= 0.3 is 11.6 Å². The van der Waals surface area contributed by atoms with E-state index in [1.807, 2.05) is 26.0 Å². The molecule has 0 atom stereocenters. The number of nitrogens with one attached hydrogen (secondary N) is 1. The molecule has 1 amide bonds. The van der Waals surface area contributed by atoms with E-state index in [0.717, 1.165) is 15.6 Å². The van der Waals surface area contributed by atoms with Gasteiger partial charge in [0.1, 0.15) is 22.6 Å². The van der Waals surface area contributed by atoms with Crippen LogP contribution in [0.1, 0.15) is 35.3 Å². The number of carbonyl (C=O) groups excluding carboxylic acids is 2. The number of rotatable bonds is 6. The van der Waals surface area contributed by atoms with E-state index < -0.39 is 17.5 Å². The van der Waals surface area contributed by atoms with Crippen molar-refractivity contribution in [2.75, 3.05) is 6.61 Å². The highest BCUT2D eigenvalue weighted by atomic mass is 79.9. The second kappa shape index (κ2) is 9.34. The summed E-state index contributed by atoms with van der Waals surface area (Å²) in [4.78, 5) is 36.5. The lowest BCUT2D eigenvalue weighted by molar-refractivity contribution is -0.136. The van der Waals surface area contributed by atoms with Crippen molar-refractivity contribution in [3.05, 3.63) is 68.0 Å². The van der Waals surface area contributed by atoms with Crippen LogP contribution in [-0.2, 0) is 4.79 Å². The quantitative estimate of drug-likeness (QED) is 0.316. The van der Waals surface area contributed by atoms with Crippen LogP contribution in [0, 0.1) is 13.8 Å². The third-order valence-corrected chi connectivity index (χ3v) is 4.82. The molecule has 7 nitrogen and oxygen atoms in total. The monoisotopic (exact) mass is 487 g/mol. The Kier molecular flexibility index (Phi) is 6.80. The van der Waals surface area contributed by atoms with Crippen LogP contribution in [0.15, 0.2) is 50.1 Å². The molecular weight excluding hydrogens is 466 g/mol. The molecule has 0 aliphatic rings. The number of benzene rings is 2. The molecule has 0 bridgehead atoms. The third kappa shape index (κ3) is 5.52. The van der Waals surface area contributed by atoms with E-state index in [2.05, 4.69) is 21.2 Å². The van der Waals surface area contributed by atoms with E-state index in [9.17, 15) is 14.4 Å². The fourth-order valence-electron chi connectivity index (χ4n) is 3.07. The summed E-state index contributed by atoms with van der Waals surface area (Å²) < 4.78 is 17.1. The number of aryl methyl sites for hydroxylation is 2. The SMILES string of the molecule is Cc1cc(Br)cc(C)c1OCC(=O)Oc1ccc2cc(C(=O)NC(C)C)c(=O)oc2c1. The number of hydrogen-bond acceptors (Lipinski definition) is 6. The van der Waals surface area contributed by atoms with Crippen LogP contribution in [0.3, 0.4) is 0 Å². The van der Waals surface area contributed by atoms with E-state index in [1.54, 1.807) is 26.0 Å². The molecule has 0 saturated heterocycles. The van der Waals surface area contributed by atoms with Crippen molar-refractivity contribution in [1.82, 2.24) is 5.32 Å². The van der Waals surface area contributed by atoms with Gasteiger partial charge in [-0.1, -0.05) is 15.9 Å². The summed E-state index contributed by atoms with van der Waals surface area (Å²) in [6.07, 6.45) is 0. The zero-order chi connectivity index (χ0) is 22.7. The van der Waals surface area contributed by atoms with Crippen molar-refractivity contribution in [2.45, 2.75) is 33.7 Å². The Labute approximate surface area is 187 Å². The van der Waals surface area contributed by atoms with Gasteiger partial charge in [-0.3, -0.25) is 4.79 Å². The Balaban J connectivity index is 1.73. The van der Waals surface area contributed by atoms with Crippen LogP contribution in [-0.4, -0.2) is 24.5 Å². The second-order valence-corrected chi connectivity index (χ2v) is 8.32. The first-order valence-corrected chi connectivity index (χ1v) is 10.4. The molecule has 0 spiro atoms. The van der Waals surface area contributed by atoms with E-state index >= 15 is 0 Å². The minimum absolute atomic E-state index is 0.0837. The first-order valence-electron chi connectivity index (χ1n) is 9.63. The van der Waals surface area contributed by atoms with E-state index in [0.29, 0.717) is 11.1 Å². The Morgan fingerprint density at radius 2 is 1.77 bits per heavy atom. The van der Waals surface area contributed by atoms with Gasteiger partial charge in [0.05, 0.1) is 0 Å². The van der Waals surface area contributed by atoms with Gasteiger partial charge in [0, 0.05) is 22.0 Å². The number of amides is 1. The summed E-state index contributed by atoms with van der Waals surface area (Å²) in [5.74, 6) is -0.280. The maximum absolute atomic E-state index is 12.2. The van der Waals surface area contributed by atoms with Gasteiger partial charge in [0.15, 0.2) is 6.61 Å². The first-order chi connectivity index (χ1) is 14.6. The summed E-state index contributed by atoms with van der Waals surface area (Å²) in [6, 6.07) is 9.72. The Hall–Kier alpha value is -3.13. The molecule has 3 rings (SSSR count). The normalized spacial score (nSPS) is 10.9. The Morgan fingerprint density at radius 1 is 1.10 bits per heavy atom. The lowest BCUT2D eigenvalue weighted by Gasteiger charge is -2.12. The molecular formula is C23H22BrNO6. The molecule has 0 saturated carbocycles. The van der Waals surface area contributed by atoms with Gasteiger partial charge in [0.25, 0.3) is 5.91 Å². The molecule has 8 heteroatoms. The van der Waals surface area contributed by atoms with Crippen molar-refractivity contribution >= 4 is 38.8 Å². The van der Waals surface area contributed by atoms with Gasteiger partial charge in [-0.15, -0.1) is 0 Å². The Bertz CT molecular complexity index is 1190. The maximum Gasteiger partial charge on any atom is 0.349 e. The van der Waals surface area contributed by atoms with Crippen molar-refractivity contribution in [1.29, 1.82) is 0 Å². The lowest BCUT2D eigenvalue weighted by atomic mass is 10.1. The first kappa shape index (κ1) is 22.6. The molecule has 0 aliphatic heterocycles. The van der Waals surface area contributed by atoms with E-state index in [1.165, 1.54) is 12.1 Å². The fourth-order valence-corrected chi connectivity index (χ4v) is 3.76. The average Bonchev–Trinajstić information content (AvgIpc) is 2.65. The van der Waals surface area contributed by atoms with Gasteiger partial charge in [-0.05, 0) is 69.2 Å². The molecule has 162 valence electrons. The molecule has 0 fully saturated rings. The summed E-state index contributed by atoms with van der Waals surface area (Å²) in [5.41, 5.74) is 1.14. The van der Waals surface area contributed by atoms with Gasteiger partial charge in [0.2, 0.25) is 0 Å². The molecule has 0 radical (unpaired) electrons. The summed E-state index contributed by atoms with van der Waals surface area (Å²) >= 11 is 3.42. The van der Waals surface area contributed by atoms with Crippen LogP contribution >= 0.6 is 15.9 Å². The number of esters is 1. The highest BCUT2D eigenvalue weighted by molar-refractivity contribution is 9.10. The highest BCUT2D eigenvalue weighted by Crippen LogP contribution is 2.27. The lowest BCUT2D eigenvalue weighted by Crippen LogP contribution is -2.33. The molecule has 1 N–H and O–H groups in total. The van der Waals surface area contributed by atoms with Gasteiger partial charge in [-0.25, -0.2) is 9.59 Å². The van der Waals surface area contributed by atoms with Crippen LogP contribution in [0.4, 0.5) is 0 Å². The molecule has 1 heterocycles. The molecule has 0 unspecified atom stereocenters. The number of ether oxygens (including phenoxy) is 2. The number of fused-ring (bicyclic) bond motifs is 1. The van der Waals surface area contributed by atoms with Crippen LogP contribution in [0.25, 0.3) is 11.0 Å². The van der Waals surface area contributed by atoms with E-state index in [4.69, 9.17) is 13.9 Å². The number of carbonyl (C=O) groups is 2. The van der Waals surface area contributed by atoms with Crippen molar-refractivity contribution < 1.29 is 23.5 Å². The standard InChI is InChI=1S/C23H22BrNO6/c1-12(2)25-22(27)18-9-15-5-6-17(10-19(15)31-23(18)28)30-20(26)11-29-21-13(3)7-16(24)8-14(21)4/h5-10,12H,11H2,1-4H3,(H,25,27). The largest absolute Gasteiger partial charge is 0.481 e. The molecule has 0 aliphatic carbocycles. The van der Waals surface area contributed by atoms with Gasteiger partial charge in [-0.2, -0.15) is 0 Å². The highest BCUT2D eigenvalue weighted by Gasteiger charge is 2.16. The average molecular weight is 488 g/mol. The van der Waals surface area contributed by atoms with Crippen LogP contribution < -0.4 is 20.4 Å². The predicted molar refractivity (Wildman–Crippen MR) is 120 cm³/mol. The van der Waals surface area contributed by atoms with Gasteiger partial charge < -0.3 is 19.2 Å². The van der Waals surface area contributed by atoms with Crippen LogP contribution in [0.2, 0.25) is 0 Å². The second-order valence-electron chi connectivity index (χ2n) is 7.41. The minimum Gasteiger partial charge on any atom is -0.481 e. The summed E-state index contributed by atoms with van der Waals surface area (Å²) in [7, 11) is 0. The van der Waals surface area contributed by atoms with Crippen molar-refractivity contribution in [3.63, 3.8) is 0 Å². The summed E-state index contributed by atoms with van der Waals surface area (Å²) in [6.45, 7) is 7.09. The zero-order valence-electron chi connectivity index (χ0n) is 17.6. The fraction of sp³-hybridized carbons (Fsp3) is 0.261. The van der Waals surface area contributed by atoms with E-state index in [-0.39, 0.29) is 29.5 Å². The maximum atomic E-state index is 12.2. The predicted octanol–water partition coefficient (Wildman–Crippen LogP) is 4.29. The van der Waals surface area contributed by atoms with Crippen molar-refractivity contribution in [3.8, 4) is 11.5 Å². The third-order valence-electron chi connectivity index (χ3n) is 4.36. The molecule has 3 aromatic rings. The molecule has 2 aromatic carbocycles.